The van der Waals surface area contributed by atoms with Crippen molar-refractivity contribution in [3.05, 3.63) is 72.9 Å². The topological polar surface area (TPSA) is 96.3 Å². The Bertz CT molecular complexity index is 1510. The van der Waals surface area contributed by atoms with Crippen LogP contribution < -0.4 is 0 Å². The van der Waals surface area contributed by atoms with E-state index < -0.39 is 0 Å². The van der Waals surface area contributed by atoms with Crippen molar-refractivity contribution in [2.24, 2.45) is 0 Å². The zero-order valence-electron chi connectivity index (χ0n) is 16.0. The van der Waals surface area contributed by atoms with E-state index in [1.54, 1.807) is 18.7 Å². The minimum absolute atomic E-state index is 0.666. The van der Waals surface area contributed by atoms with E-state index >= 15 is 0 Å². The molecule has 0 aliphatic heterocycles. The molecule has 0 saturated heterocycles. The Morgan fingerprint density at radius 1 is 0.900 bits per heavy atom. The van der Waals surface area contributed by atoms with Crippen LogP contribution in [0.15, 0.2) is 71.8 Å². The van der Waals surface area contributed by atoms with Gasteiger partial charge in [0.1, 0.15) is 5.52 Å². The second-order valence-corrected chi connectivity index (χ2v) is 7.15. The van der Waals surface area contributed by atoms with Crippen molar-refractivity contribution in [1.82, 2.24) is 30.1 Å². The van der Waals surface area contributed by atoms with Gasteiger partial charge in [-0.05, 0) is 42.8 Å². The maximum Gasteiger partial charge on any atom is 0.161 e. The molecule has 0 amide bonds. The molecular formula is C23H16N6O. The maximum atomic E-state index is 5.25. The highest BCUT2D eigenvalue weighted by Gasteiger charge is 2.17. The lowest BCUT2D eigenvalue weighted by atomic mass is 10.1. The molecule has 1 aromatic carbocycles. The lowest BCUT2D eigenvalue weighted by Gasteiger charge is -2.04. The Hall–Kier alpha value is -4.26. The number of fused-ring (bicyclic) bond motifs is 2. The lowest BCUT2D eigenvalue weighted by molar-refractivity contribution is 0.568. The number of rotatable bonds is 3. The molecule has 6 rings (SSSR count). The van der Waals surface area contributed by atoms with Crippen LogP contribution in [-0.2, 0) is 0 Å². The number of aryl methyl sites for hydroxylation is 1. The number of para-hydroxylation sites is 1. The van der Waals surface area contributed by atoms with Gasteiger partial charge < -0.3 is 9.40 Å². The van der Waals surface area contributed by atoms with Crippen LogP contribution in [0, 0.1) is 6.92 Å². The number of nitrogens with one attached hydrogen (secondary N) is 2. The molecule has 7 nitrogen and oxygen atoms in total. The summed E-state index contributed by atoms with van der Waals surface area (Å²) in [6, 6.07) is 13.9. The van der Waals surface area contributed by atoms with E-state index in [9.17, 15) is 0 Å². The van der Waals surface area contributed by atoms with Gasteiger partial charge in [0.15, 0.2) is 11.5 Å². The number of imidazole rings is 1. The molecule has 0 spiro atoms. The fraction of sp³-hybridized carbons (Fsp3) is 0.0435. The van der Waals surface area contributed by atoms with Crippen molar-refractivity contribution >= 4 is 22.1 Å². The first-order chi connectivity index (χ1) is 14.8. The summed E-state index contributed by atoms with van der Waals surface area (Å²) in [5.41, 5.74) is 9.05. The average Bonchev–Trinajstić information content (AvgIpc) is 3.51. The van der Waals surface area contributed by atoms with Crippen molar-refractivity contribution in [2.45, 2.75) is 6.92 Å². The molecule has 0 saturated carbocycles. The number of nitrogens with zero attached hydrogens (tertiary/aromatic N) is 4. The molecule has 5 heterocycles. The van der Waals surface area contributed by atoms with Crippen LogP contribution in [0.25, 0.3) is 56.0 Å². The van der Waals surface area contributed by atoms with Gasteiger partial charge in [-0.3, -0.25) is 10.1 Å². The van der Waals surface area contributed by atoms with E-state index in [1.807, 2.05) is 48.7 Å². The fourth-order valence-electron chi connectivity index (χ4n) is 3.74. The summed E-state index contributed by atoms with van der Waals surface area (Å²) in [5.74, 6) is 0.666. The Morgan fingerprint density at radius 2 is 1.87 bits per heavy atom. The monoisotopic (exact) mass is 392 g/mol. The van der Waals surface area contributed by atoms with Gasteiger partial charge in [0.05, 0.1) is 34.8 Å². The largest absolute Gasteiger partial charge is 0.472 e. The van der Waals surface area contributed by atoms with Gasteiger partial charge in [-0.15, -0.1) is 0 Å². The molecule has 0 radical (unpaired) electrons. The third kappa shape index (κ3) is 2.52. The summed E-state index contributed by atoms with van der Waals surface area (Å²) < 4.78 is 5.25. The first-order valence-corrected chi connectivity index (χ1v) is 9.56. The van der Waals surface area contributed by atoms with Crippen molar-refractivity contribution in [1.29, 1.82) is 0 Å². The van der Waals surface area contributed by atoms with Gasteiger partial charge in [-0.1, -0.05) is 12.1 Å². The lowest BCUT2D eigenvalue weighted by Crippen LogP contribution is -1.90. The number of aromatic amines is 2. The third-order valence-corrected chi connectivity index (χ3v) is 5.29. The van der Waals surface area contributed by atoms with Crippen LogP contribution in [-0.4, -0.2) is 30.1 Å². The third-order valence-electron chi connectivity index (χ3n) is 5.29. The van der Waals surface area contributed by atoms with Crippen LogP contribution >= 0.6 is 0 Å². The van der Waals surface area contributed by atoms with Crippen LogP contribution in [0.2, 0.25) is 0 Å². The Morgan fingerprint density at radius 3 is 2.73 bits per heavy atom. The molecular weight excluding hydrogens is 376 g/mol. The molecule has 0 unspecified atom stereocenters. The van der Waals surface area contributed by atoms with Crippen LogP contribution in [0.3, 0.4) is 0 Å². The number of hydrogen-bond acceptors (Lipinski definition) is 5. The fourth-order valence-corrected chi connectivity index (χ4v) is 3.74. The molecule has 0 aliphatic carbocycles. The van der Waals surface area contributed by atoms with Gasteiger partial charge in [0.2, 0.25) is 0 Å². The standard InChI is InChI=1S/C23H16N6O/c1-13-7-9-24-11-16(13)17-5-6-19-21(25-17)22(29-28-19)23-26-18-4-2-3-15(20(18)27-23)14-8-10-30-12-14/h2-12H,1H3,(H,26,27)(H,28,29). The first-order valence-electron chi connectivity index (χ1n) is 9.56. The number of furan rings is 1. The van der Waals surface area contributed by atoms with Gasteiger partial charge in [0, 0.05) is 29.1 Å². The highest BCUT2D eigenvalue weighted by Crippen LogP contribution is 2.32. The van der Waals surface area contributed by atoms with E-state index in [0.29, 0.717) is 11.5 Å². The van der Waals surface area contributed by atoms with Gasteiger partial charge >= 0.3 is 0 Å². The van der Waals surface area contributed by atoms with Crippen LogP contribution in [0.4, 0.5) is 0 Å². The summed E-state index contributed by atoms with van der Waals surface area (Å²) >= 11 is 0. The van der Waals surface area contributed by atoms with E-state index in [2.05, 4.69) is 27.1 Å². The smallest absolute Gasteiger partial charge is 0.161 e. The number of hydrogen-bond donors (Lipinski definition) is 2. The van der Waals surface area contributed by atoms with E-state index in [0.717, 1.165) is 50.0 Å². The van der Waals surface area contributed by atoms with Crippen LogP contribution in [0.5, 0.6) is 0 Å². The predicted molar refractivity (Wildman–Crippen MR) is 115 cm³/mol. The highest BCUT2D eigenvalue weighted by atomic mass is 16.3. The minimum Gasteiger partial charge on any atom is -0.472 e. The zero-order valence-corrected chi connectivity index (χ0v) is 16.0. The van der Waals surface area contributed by atoms with Crippen LogP contribution in [0.1, 0.15) is 5.56 Å². The SMILES string of the molecule is Cc1ccncc1-c1ccc2[nH]nc(-c3nc4c(-c5ccoc5)cccc4[nH]3)c2n1. The van der Waals surface area contributed by atoms with Crippen molar-refractivity contribution in [2.75, 3.05) is 0 Å². The molecule has 2 N–H and O–H groups in total. The summed E-state index contributed by atoms with van der Waals surface area (Å²) in [4.78, 5) is 17.4. The van der Waals surface area contributed by atoms with E-state index in [-0.39, 0.29) is 0 Å². The Balaban J connectivity index is 1.53. The number of aromatic nitrogens is 6. The maximum absolute atomic E-state index is 5.25. The molecule has 0 atom stereocenters. The number of pyridine rings is 2. The zero-order chi connectivity index (χ0) is 20.1. The molecule has 0 bridgehead atoms. The average molecular weight is 392 g/mol. The molecule has 0 aliphatic rings. The van der Waals surface area contributed by atoms with E-state index in [4.69, 9.17) is 14.4 Å². The molecule has 0 fully saturated rings. The van der Waals surface area contributed by atoms with Crippen molar-refractivity contribution in [3.8, 4) is 33.9 Å². The van der Waals surface area contributed by atoms with Gasteiger partial charge in [0.25, 0.3) is 0 Å². The first kappa shape index (κ1) is 16.7. The Kier molecular flexibility index (Phi) is 3.55. The molecule has 7 heteroatoms. The van der Waals surface area contributed by atoms with E-state index in [1.165, 1.54) is 0 Å². The molecule has 6 aromatic rings. The quantitative estimate of drug-likeness (QED) is 0.435. The normalized spacial score (nSPS) is 11.5. The second-order valence-electron chi connectivity index (χ2n) is 7.15. The summed E-state index contributed by atoms with van der Waals surface area (Å²) in [6.07, 6.45) is 7.00. The second kappa shape index (κ2) is 6.38. The van der Waals surface area contributed by atoms with Crippen molar-refractivity contribution < 1.29 is 4.42 Å². The summed E-state index contributed by atoms with van der Waals surface area (Å²) in [7, 11) is 0. The Labute approximate surface area is 170 Å². The summed E-state index contributed by atoms with van der Waals surface area (Å²) in [5, 5.41) is 7.56. The number of benzene rings is 1. The van der Waals surface area contributed by atoms with Gasteiger partial charge in [-0.25, -0.2) is 9.97 Å². The van der Waals surface area contributed by atoms with Crippen molar-refractivity contribution in [3.63, 3.8) is 0 Å². The molecule has 144 valence electrons. The minimum atomic E-state index is 0.666. The molecule has 5 aromatic heterocycles. The highest BCUT2D eigenvalue weighted by molar-refractivity contribution is 5.96. The van der Waals surface area contributed by atoms with Gasteiger partial charge in [-0.2, -0.15) is 5.10 Å². The summed E-state index contributed by atoms with van der Waals surface area (Å²) in [6.45, 7) is 2.05. The predicted octanol–water partition coefficient (Wildman–Crippen LogP) is 5.13. The number of H-pyrrole nitrogens is 2. The molecule has 30 heavy (non-hydrogen) atoms.